The van der Waals surface area contributed by atoms with Crippen molar-refractivity contribution in [1.29, 1.82) is 0 Å². The number of aliphatic carboxylic acids is 1. The zero-order chi connectivity index (χ0) is 11.1. The molecule has 0 saturated carbocycles. The number of carboxylic acids is 1. The van der Waals surface area contributed by atoms with Crippen LogP contribution in [0, 0.1) is 11.8 Å². The summed E-state index contributed by atoms with van der Waals surface area (Å²) in [7, 11) is 0. The number of primary amides is 1. The number of carbonyl (C=O) groups excluding carboxylic acids is 1. The van der Waals surface area contributed by atoms with Crippen LogP contribution in [0.2, 0.25) is 0 Å². The first-order chi connectivity index (χ1) is 6.41. The lowest BCUT2D eigenvalue weighted by Crippen LogP contribution is -2.21. The second-order valence-corrected chi connectivity index (χ2v) is 3.72. The van der Waals surface area contributed by atoms with Crippen molar-refractivity contribution in [1.82, 2.24) is 0 Å². The molecule has 1 amide bonds. The number of hydrogen-bond donors (Lipinski definition) is 2. The molecule has 0 aliphatic carbocycles. The summed E-state index contributed by atoms with van der Waals surface area (Å²) in [5.41, 5.74) is 4.79. The van der Waals surface area contributed by atoms with Gasteiger partial charge in [0.1, 0.15) is 0 Å². The average molecular weight is 203 g/mol. The molecule has 5 nitrogen and oxygen atoms in total. The molecule has 0 rings (SSSR count). The Bertz CT molecular complexity index is 203. The molecule has 1 unspecified atom stereocenters. The smallest absolute Gasteiger partial charge is 0.404 e. The van der Waals surface area contributed by atoms with Crippen molar-refractivity contribution in [2.24, 2.45) is 17.6 Å². The average Bonchev–Trinajstić information content (AvgIpc) is 1.97. The van der Waals surface area contributed by atoms with E-state index < -0.39 is 12.1 Å². The monoisotopic (exact) mass is 203 g/mol. The van der Waals surface area contributed by atoms with E-state index in [9.17, 15) is 9.59 Å². The van der Waals surface area contributed by atoms with Crippen LogP contribution in [-0.4, -0.2) is 23.8 Å². The van der Waals surface area contributed by atoms with E-state index in [-0.39, 0.29) is 18.9 Å². The van der Waals surface area contributed by atoms with Crippen molar-refractivity contribution in [3.8, 4) is 0 Å². The van der Waals surface area contributed by atoms with Gasteiger partial charge in [0.25, 0.3) is 0 Å². The van der Waals surface area contributed by atoms with E-state index in [4.69, 9.17) is 10.8 Å². The normalized spacial score (nSPS) is 12.5. The van der Waals surface area contributed by atoms with Crippen LogP contribution in [0.15, 0.2) is 0 Å². The molecule has 82 valence electrons. The van der Waals surface area contributed by atoms with Gasteiger partial charge in [0.05, 0.1) is 13.0 Å². The Labute approximate surface area is 83.2 Å². The van der Waals surface area contributed by atoms with E-state index in [2.05, 4.69) is 4.74 Å². The van der Waals surface area contributed by atoms with E-state index in [0.717, 1.165) is 0 Å². The van der Waals surface area contributed by atoms with Gasteiger partial charge in [-0.15, -0.1) is 0 Å². The van der Waals surface area contributed by atoms with E-state index in [0.29, 0.717) is 12.3 Å². The molecule has 3 N–H and O–H groups in total. The van der Waals surface area contributed by atoms with E-state index >= 15 is 0 Å². The van der Waals surface area contributed by atoms with E-state index in [1.54, 1.807) is 0 Å². The molecule has 0 aromatic heterocycles. The maximum Gasteiger partial charge on any atom is 0.404 e. The Balaban J connectivity index is 3.96. The molecule has 0 aliphatic heterocycles. The van der Waals surface area contributed by atoms with Crippen LogP contribution in [-0.2, 0) is 9.53 Å². The molecule has 5 heteroatoms. The third kappa shape index (κ3) is 7.39. The van der Waals surface area contributed by atoms with Crippen LogP contribution in [0.25, 0.3) is 0 Å². The highest BCUT2D eigenvalue weighted by atomic mass is 16.5. The van der Waals surface area contributed by atoms with Gasteiger partial charge in [-0.1, -0.05) is 13.8 Å². The van der Waals surface area contributed by atoms with Gasteiger partial charge in [-0.2, -0.15) is 0 Å². The van der Waals surface area contributed by atoms with Gasteiger partial charge >= 0.3 is 12.1 Å². The summed E-state index contributed by atoms with van der Waals surface area (Å²) in [6.45, 7) is 4.05. The van der Waals surface area contributed by atoms with Crippen LogP contribution in [0.4, 0.5) is 4.79 Å². The molecule has 0 bridgehead atoms. The molecular formula is C9H17NO4. The van der Waals surface area contributed by atoms with Crippen molar-refractivity contribution >= 4 is 12.1 Å². The predicted octanol–water partition coefficient (Wildman–Crippen LogP) is 1.22. The van der Waals surface area contributed by atoms with Gasteiger partial charge in [-0.05, 0) is 12.3 Å². The third-order valence-corrected chi connectivity index (χ3v) is 1.73. The summed E-state index contributed by atoms with van der Waals surface area (Å²) >= 11 is 0. The van der Waals surface area contributed by atoms with Crippen molar-refractivity contribution < 1.29 is 19.4 Å². The third-order valence-electron chi connectivity index (χ3n) is 1.73. The number of carbonyl (C=O) groups is 2. The Morgan fingerprint density at radius 1 is 1.43 bits per heavy atom. The second kappa shape index (κ2) is 6.23. The molecule has 0 radical (unpaired) electrons. The Kier molecular flexibility index (Phi) is 5.67. The summed E-state index contributed by atoms with van der Waals surface area (Å²) in [4.78, 5) is 20.8. The highest BCUT2D eigenvalue weighted by molar-refractivity contribution is 5.67. The Morgan fingerprint density at radius 3 is 2.36 bits per heavy atom. The second-order valence-electron chi connectivity index (χ2n) is 3.72. The molecule has 14 heavy (non-hydrogen) atoms. The van der Waals surface area contributed by atoms with Crippen LogP contribution >= 0.6 is 0 Å². The minimum absolute atomic E-state index is 0.00542. The van der Waals surface area contributed by atoms with Gasteiger partial charge in [0, 0.05) is 5.92 Å². The van der Waals surface area contributed by atoms with Gasteiger partial charge in [-0.25, -0.2) is 4.79 Å². The number of rotatable bonds is 6. The largest absolute Gasteiger partial charge is 0.481 e. The number of amides is 1. The highest BCUT2D eigenvalue weighted by Gasteiger charge is 2.16. The topological polar surface area (TPSA) is 89.6 Å². The zero-order valence-corrected chi connectivity index (χ0v) is 8.53. The molecule has 0 aliphatic rings. The van der Waals surface area contributed by atoms with Crippen molar-refractivity contribution in [2.45, 2.75) is 26.7 Å². The minimum Gasteiger partial charge on any atom is -0.481 e. The summed E-state index contributed by atoms with van der Waals surface area (Å²) in [6.07, 6.45) is -0.144. The quantitative estimate of drug-likeness (QED) is 0.679. The van der Waals surface area contributed by atoms with Gasteiger partial charge in [0.15, 0.2) is 0 Å². The van der Waals surface area contributed by atoms with Crippen LogP contribution in [0.3, 0.4) is 0 Å². The Hall–Kier alpha value is -1.26. The molecule has 0 saturated heterocycles. The first-order valence-electron chi connectivity index (χ1n) is 4.55. The van der Waals surface area contributed by atoms with Crippen LogP contribution in [0.1, 0.15) is 26.7 Å². The lowest BCUT2D eigenvalue weighted by Gasteiger charge is -2.16. The summed E-state index contributed by atoms with van der Waals surface area (Å²) in [5.74, 6) is -0.667. The summed E-state index contributed by atoms with van der Waals surface area (Å²) in [5, 5.41) is 8.59. The van der Waals surface area contributed by atoms with Gasteiger partial charge < -0.3 is 15.6 Å². The fraction of sp³-hybridized carbons (Fsp3) is 0.778. The van der Waals surface area contributed by atoms with Crippen LogP contribution < -0.4 is 5.73 Å². The molecule has 1 atom stereocenters. The number of hydrogen-bond acceptors (Lipinski definition) is 3. The summed E-state index contributed by atoms with van der Waals surface area (Å²) in [6, 6.07) is 0. The standard InChI is InChI=1S/C9H17NO4/c1-6(2)3-7(4-8(11)12)5-14-9(10)13/h6-7H,3-5H2,1-2H3,(H2,10,13)(H,11,12). The number of ether oxygens (including phenoxy) is 1. The van der Waals surface area contributed by atoms with Crippen molar-refractivity contribution in [3.63, 3.8) is 0 Å². The maximum absolute atomic E-state index is 10.5. The predicted molar refractivity (Wildman–Crippen MR) is 50.7 cm³/mol. The molecule has 0 aromatic carbocycles. The van der Waals surface area contributed by atoms with Gasteiger partial charge in [0.2, 0.25) is 0 Å². The first kappa shape index (κ1) is 12.7. The number of carboxylic acid groups (broad SMARTS) is 1. The van der Waals surface area contributed by atoms with Gasteiger partial charge in [-0.3, -0.25) is 4.79 Å². The molecule has 0 spiro atoms. The SMILES string of the molecule is CC(C)CC(COC(N)=O)CC(=O)O. The fourth-order valence-corrected chi connectivity index (χ4v) is 1.32. The zero-order valence-electron chi connectivity index (χ0n) is 8.53. The van der Waals surface area contributed by atoms with E-state index in [1.807, 2.05) is 13.8 Å². The molecular weight excluding hydrogens is 186 g/mol. The lowest BCUT2D eigenvalue weighted by molar-refractivity contribution is -0.138. The minimum atomic E-state index is -0.885. The molecule has 0 heterocycles. The van der Waals surface area contributed by atoms with E-state index in [1.165, 1.54) is 0 Å². The van der Waals surface area contributed by atoms with Crippen LogP contribution in [0.5, 0.6) is 0 Å². The Morgan fingerprint density at radius 2 is 2.00 bits per heavy atom. The fourth-order valence-electron chi connectivity index (χ4n) is 1.32. The molecule has 0 aromatic rings. The first-order valence-corrected chi connectivity index (χ1v) is 4.55. The maximum atomic E-state index is 10.5. The lowest BCUT2D eigenvalue weighted by atomic mass is 9.95. The van der Waals surface area contributed by atoms with Crippen molar-refractivity contribution in [2.75, 3.05) is 6.61 Å². The summed E-state index contributed by atoms with van der Waals surface area (Å²) < 4.78 is 4.58. The van der Waals surface area contributed by atoms with Crippen molar-refractivity contribution in [3.05, 3.63) is 0 Å². The molecule has 0 fully saturated rings. The highest BCUT2D eigenvalue weighted by Crippen LogP contribution is 2.15. The number of nitrogens with two attached hydrogens (primary N) is 1.